The van der Waals surface area contributed by atoms with E-state index in [9.17, 15) is 26.4 Å². The molecule has 162 valence electrons. The number of ether oxygens (including phenoxy) is 2. The SMILES string of the molecule is C=C(OS(=O)(=O)c1cccc(S(=O)(=O)OC(C)(C)C(=O)OCC)c1)C(=O)OCC. The van der Waals surface area contributed by atoms with Crippen LogP contribution in [-0.2, 0) is 47.7 Å². The molecule has 0 aromatic heterocycles. The van der Waals surface area contributed by atoms with Crippen LogP contribution in [0.1, 0.15) is 27.7 Å². The van der Waals surface area contributed by atoms with Crippen LogP contribution in [-0.4, -0.2) is 47.6 Å². The van der Waals surface area contributed by atoms with Gasteiger partial charge in [0.2, 0.25) is 5.76 Å². The van der Waals surface area contributed by atoms with E-state index in [1.165, 1.54) is 20.8 Å². The molecule has 1 rings (SSSR count). The van der Waals surface area contributed by atoms with E-state index in [4.69, 9.17) is 8.92 Å². The largest absolute Gasteiger partial charge is 0.464 e. The first-order valence-electron chi connectivity index (χ1n) is 8.30. The second kappa shape index (κ2) is 9.37. The molecule has 29 heavy (non-hydrogen) atoms. The lowest BCUT2D eigenvalue weighted by Crippen LogP contribution is -2.38. The Morgan fingerprint density at radius 1 is 0.966 bits per heavy atom. The van der Waals surface area contributed by atoms with E-state index in [0.717, 1.165) is 24.3 Å². The summed E-state index contributed by atoms with van der Waals surface area (Å²) in [5, 5.41) is 0. The van der Waals surface area contributed by atoms with Gasteiger partial charge in [-0.2, -0.15) is 16.8 Å². The summed E-state index contributed by atoms with van der Waals surface area (Å²) in [5.41, 5.74) is -1.85. The first-order chi connectivity index (χ1) is 13.3. The highest BCUT2D eigenvalue weighted by Gasteiger charge is 2.37. The predicted molar refractivity (Wildman–Crippen MR) is 99.5 cm³/mol. The fourth-order valence-corrected chi connectivity index (χ4v) is 4.12. The van der Waals surface area contributed by atoms with Crippen molar-refractivity contribution in [2.45, 2.75) is 43.1 Å². The van der Waals surface area contributed by atoms with Gasteiger partial charge in [-0.05, 0) is 52.5 Å². The van der Waals surface area contributed by atoms with Gasteiger partial charge in [-0.15, -0.1) is 0 Å². The Labute approximate surface area is 169 Å². The molecule has 0 aliphatic carbocycles. The summed E-state index contributed by atoms with van der Waals surface area (Å²) in [6, 6.07) is 3.99. The van der Waals surface area contributed by atoms with Gasteiger partial charge in [0.25, 0.3) is 10.1 Å². The zero-order valence-corrected chi connectivity index (χ0v) is 18.0. The summed E-state index contributed by atoms with van der Waals surface area (Å²) in [6.45, 7) is 8.59. The third-order valence-electron chi connectivity index (χ3n) is 3.18. The monoisotopic (exact) mass is 450 g/mol. The highest BCUT2D eigenvalue weighted by atomic mass is 32.2. The Morgan fingerprint density at radius 2 is 1.48 bits per heavy atom. The standard InChI is InChI=1S/C17H22O10S2/c1-6-24-15(18)12(3)26-28(20,21)13-9-8-10-14(11-13)29(22,23)27-17(4,5)16(19)25-7-2/h8-11H,3,6-7H2,1-2,4-5H3. The smallest absolute Gasteiger partial charge is 0.374 e. The number of esters is 2. The zero-order chi connectivity index (χ0) is 22.5. The molecule has 1 aromatic carbocycles. The zero-order valence-electron chi connectivity index (χ0n) is 16.3. The lowest BCUT2D eigenvalue weighted by Gasteiger charge is -2.22. The Bertz CT molecular complexity index is 991. The van der Waals surface area contributed by atoms with E-state index < -0.39 is 53.3 Å². The minimum atomic E-state index is -4.59. The van der Waals surface area contributed by atoms with Crippen molar-refractivity contribution in [1.29, 1.82) is 0 Å². The van der Waals surface area contributed by atoms with Crippen LogP contribution < -0.4 is 0 Å². The molecule has 0 unspecified atom stereocenters. The van der Waals surface area contributed by atoms with Crippen molar-refractivity contribution in [1.82, 2.24) is 0 Å². The molecule has 10 nitrogen and oxygen atoms in total. The molecule has 0 spiro atoms. The normalized spacial score (nSPS) is 12.1. The molecule has 1 aromatic rings. The van der Waals surface area contributed by atoms with Gasteiger partial charge in [0.15, 0.2) is 5.60 Å². The Morgan fingerprint density at radius 3 is 2.00 bits per heavy atom. The molecule has 0 fully saturated rings. The minimum Gasteiger partial charge on any atom is -0.464 e. The van der Waals surface area contributed by atoms with Crippen LogP contribution >= 0.6 is 0 Å². The summed E-state index contributed by atoms with van der Waals surface area (Å²) < 4.78 is 68.4. The van der Waals surface area contributed by atoms with Gasteiger partial charge in [0.1, 0.15) is 4.90 Å². The molecular formula is C17H22O10S2. The lowest BCUT2D eigenvalue weighted by atomic mass is 10.1. The number of rotatable bonds is 10. The Balaban J connectivity index is 3.17. The quantitative estimate of drug-likeness (QED) is 0.223. The van der Waals surface area contributed by atoms with Crippen molar-refractivity contribution < 1.29 is 44.3 Å². The number of carbonyl (C=O) groups is 2. The number of carbonyl (C=O) groups excluding carboxylic acids is 2. The molecule has 0 radical (unpaired) electrons. The molecule has 0 aliphatic heterocycles. The third kappa shape index (κ3) is 6.54. The van der Waals surface area contributed by atoms with E-state index in [1.54, 1.807) is 6.92 Å². The maximum Gasteiger partial charge on any atom is 0.374 e. The van der Waals surface area contributed by atoms with Gasteiger partial charge in [-0.25, -0.2) is 13.8 Å². The number of hydrogen-bond acceptors (Lipinski definition) is 10. The van der Waals surface area contributed by atoms with Gasteiger partial charge in [-0.1, -0.05) is 6.07 Å². The maximum absolute atomic E-state index is 12.5. The van der Waals surface area contributed by atoms with Crippen molar-refractivity contribution in [3.8, 4) is 0 Å². The van der Waals surface area contributed by atoms with Crippen LogP contribution in [0.5, 0.6) is 0 Å². The summed E-state index contributed by atoms with van der Waals surface area (Å²) >= 11 is 0. The Kier molecular flexibility index (Phi) is 7.95. The van der Waals surface area contributed by atoms with Crippen LogP contribution in [0.15, 0.2) is 46.4 Å². The highest BCUT2D eigenvalue weighted by Crippen LogP contribution is 2.25. The first kappa shape index (κ1) is 24.6. The average molecular weight is 450 g/mol. The van der Waals surface area contributed by atoms with E-state index in [0.29, 0.717) is 0 Å². The predicted octanol–water partition coefficient (Wildman–Crippen LogP) is 1.52. The van der Waals surface area contributed by atoms with Crippen LogP contribution in [0.2, 0.25) is 0 Å². The summed E-state index contributed by atoms with van der Waals surface area (Å²) in [4.78, 5) is 22.2. The molecule has 0 saturated carbocycles. The van der Waals surface area contributed by atoms with Gasteiger partial charge >= 0.3 is 22.1 Å². The lowest BCUT2D eigenvalue weighted by molar-refractivity contribution is -0.158. The topological polar surface area (TPSA) is 139 Å². The van der Waals surface area contributed by atoms with Crippen LogP contribution in [0.4, 0.5) is 0 Å². The molecule has 0 bridgehead atoms. The van der Waals surface area contributed by atoms with Gasteiger partial charge in [0, 0.05) is 0 Å². The van der Waals surface area contributed by atoms with Crippen LogP contribution in [0.25, 0.3) is 0 Å². The summed E-state index contributed by atoms with van der Waals surface area (Å²) in [6.07, 6.45) is 0. The molecule has 0 N–H and O–H groups in total. The van der Waals surface area contributed by atoms with Crippen molar-refractivity contribution in [3.63, 3.8) is 0 Å². The molecule has 0 saturated heterocycles. The van der Waals surface area contributed by atoms with Gasteiger partial charge in [0.05, 0.1) is 18.1 Å². The van der Waals surface area contributed by atoms with Crippen LogP contribution in [0.3, 0.4) is 0 Å². The molecule has 0 atom stereocenters. The minimum absolute atomic E-state index is 0.0150. The van der Waals surface area contributed by atoms with E-state index >= 15 is 0 Å². The van der Waals surface area contributed by atoms with E-state index in [2.05, 4.69) is 15.5 Å². The Hall–Kier alpha value is -2.44. The number of benzene rings is 1. The molecule has 0 aliphatic rings. The van der Waals surface area contributed by atoms with Crippen molar-refractivity contribution in [2.24, 2.45) is 0 Å². The summed E-state index contributed by atoms with van der Waals surface area (Å²) in [7, 11) is -9.14. The highest BCUT2D eigenvalue weighted by molar-refractivity contribution is 7.87. The molecule has 0 heterocycles. The van der Waals surface area contributed by atoms with Gasteiger partial charge in [-0.3, -0.25) is 0 Å². The van der Waals surface area contributed by atoms with Crippen molar-refractivity contribution in [3.05, 3.63) is 36.6 Å². The number of hydrogen-bond donors (Lipinski definition) is 0. The molecule has 0 amide bonds. The molecular weight excluding hydrogens is 428 g/mol. The van der Waals surface area contributed by atoms with Crippen molar-refractivity contribution in [2.75, 3.05) is 13.2 Å². The van der Waals surface area contributed by atoms with E-state index in [-0.39, 0.29) is 13.2 Å². The first-order valence-corrected chi connectivity index (χ1v) is 11.1. The average Bonchev–Trinajstić information content (AvgIpc) is 2.61. The fraction of sp³-hybridized carbons (Fsp3) is 0.412. The summed E-state index contributed by atoms with van der Waals surface area (Å²) in [5.74, 6) is -2.79. The maximum atomic E-state index is 12.5. The second-order valence-corrected chi connectivity index (χ2v) is 9.02. The van der Waals surface area contributed by atoms with Gasteiger partial charge < -0.3 is 13.7 Å². The van der Waals surface area contributed by atoms with Crippen molar-refractivity contribution >= 4 is 32.2 Å². The second-order valence-electron chi connectivity index (χ2n) is 5.92. The third-order valence-corrected chi connectivity index (χ3v) is 5.90. The molecule has 12 heteroatoms. The fourth-order valence-electron chi connectivity index (χ4n) is 1.87. The van der Waals surface area contributed by atoms with E-state index in [1.807, 2.05) is 0 Å². The van der Waals surface area contributed by atoms with Crippen LogP contribution in [0, 0.1) is 0 Å².